The van der Waals surface area contributed by atoms with Crippen molar-refractivity contribution in [3.63, 3.8) is 0 Å². The molecular weight excluding hydrogens is 290 g/mol. The number of primary amides is 1. The number of nitrogens with two attached hydrogens (primary N) is 1. The number of likely N-dealkylation sites (tertiary alicyclic amines) is 1. The van der Waals surface area contributed by atoms with Gasteiger partial charge in [-0.15, -0.1) is 11.3 Å². The maximum absolute atomic E-state index is 12.5. The van der Waals surface area contributed by atoms with Gasteiger partial charge in [0.2, 0.25) is 5.91 Å². The summed E-state index contributed by atoms with van der Waals surface area (Å²) < 4.78 is 0. The summed E-state index contributed by atoms with van der Waals surface area (Å²) in [6.45, 7) is 6.57. The number of rotatable bonds is 3. The molecule has 0 spiro atoms. The number of hydrogen-bond donors (Lipinski definition) is 2. The van der Waals surface area contributed by atoms with Crippen LogP contribution in [0.25, 0.3) is 0 Å². The summed E-state index contributed by atoms with van der Waals surface area (Å²) in [7, 11) is 0. The van der Waals surface area contributed by atoms with Crippen LogP contribution in [0.2, 0.25) is 0 Å². The zero-order chi connectivity index (χ0) is 15.8. The average molecular weight is 311 g/mol. The summed E-state index contributed by atoms with van der Waals surface area (Å²) >= 11 is 1.42. The molecule has 2 amide bonds. The Labute approximate surface area is 128 Å². The molecule has 1 saturated heterocycles. The van der Waals surface area contributed by atoms with Gasteiger partial charge in [-0.25, -0.2) is 4.98 Å². The first-order chi connectivity index (χ1) is 9.74. The third-order valence-corrected chi connectivity index (χ3v) is 5.28. The minimum atomic E-state index is -1.48. The van der Waals surface area contributed by atoms with Crippen LogP contribution >= 0.6 is 11.3 Å². The molecular formula is C14H21N3O3S. The van der Waals surface area contributed by atoms with Crippen molar-refractivity contribution in [3.8, 4) is 0 Å². The highest BCUT2D eigenvalue weighted by Gasteiger charge is 2.39. The maximum atomic E-state index is 12.5. The Morgan fingerprint density at radius 2 is 1.95 bits per heavy atom. The van der Waals surface area contributed by atoms with E-state index >= 15 is 0 Å². The molecule has 0 aliphatic carbocycles. The molecule has 0 radical (unpaired) electrons. The Kier molecular flexibility index (Phi) is 4.34. The second kappa shape index (κ2) is 5.73. The fourth-order valence-corrected chi connectivity index (χ4v) is 3.37. The lowest BCUT2D eigenvalue weighted by molar-refractivity contribution is -0.140. The number of amides is 2. The normalized spacial score (nSPS) is 18.0. The van der Waals surface area contributed by atoms with Gasteiger partial charge in [-0.05, 0) is 6.92 Å². The molecule has 3 N–H and O–H groups in total. The molecule has 0 saturated carbocycles. The molecule has 1 aromatic heterocycles. The van der Waals surface area contributed by atoms with Crippen LogP contribution in [-0.4, -0.2) is 45.5 Å². The van der Waals surface area contributed by atoms with E-state index in [1.54, 1.807) is 4.90 Å². The Balaban J connectivity index is 2.10. The van der Waals surface area contributed by atoms with Gasteiger partial charge in [-0.2, -0.15) is 0 Å². The fourth-order valence-electron chi connectivity index (χ4n) is 2.33. The Morgan fingerprint density at radius 1 is 1.38 bits per heavy atom. The molecule has 0 bridgehead atoms. The van der Waals surface area contributed by atoms with Gasteiger partial charge >= 0.3 is 0 Å². The van der Waals surface area contributed by atoms with E-state index < -0.39 is 11.5 Å². The first-order valence-electron chi connectivity index (χ1n) is 7.03. The first-order valence-corrected chi connectivity index (χ1v) is 7.85. The molecule has 0 unspecified atom stereocenters. The summed E-state index contributed by atoms with van der Waals surface area (Å²) in [6.07, 6.45) is 0.367. The van der Waals surface area contributed by atoms with E-state index in [9.17, 15) is 14.7 Å². The molecule has 2 heterocycles. The van der Waals surface area contributed by atoms with Crippen LogP contribution in [0.4, 0.5) is 0 Å². The third-order valence-electron chi connectivity index (χ3n) is 3.84. The molecule has 21 heavy (non-hydrogen) atoms. The number of carbonyl (C=O) groups excluding carboxylic acids is 2. The van der Waals surface area contributed by atoms with Crippen LogP contribution < -0.4 is 5.73 Å². The number of aromatic nitrogens is 1. The van der Waals surface area contributed by atoms with E-state index in [0.717, 1.165) is 10.7 Å². The summed E-state index contributed by atoms with van der Waals surface area (Å²) in [4.78, 5) is 30.5. The smallest absolute Gasteiger partial charge is 0.265 e. The molecule has 1 aromatic rings. The molecule has 1 aliphatic rings. The summed E-state index contributed by atoms with van der Waals surface area (Å²) in [5.41, 5.74) is 4.45. The number of aryl methyl sites for hydroxylation is 1. The second-order valence-corrected chi connectivity index (χ2v) is 6.84. The van der Waals surface area contributed by atoms with Crippen molar-refractivity contribution in [3.05, 3.63) is 15.6 Å². The third kappa shape index (κ3) is 3.08. The zero-order valence-electron chi connectivity index (χ0n) is 12.5. The summed E-state index contributed by atoms with van der Waals surface area (Å²) in [5, 5.41) is 11.0. The van der Waals surface area contributed by atoms with Crippen molar-refractivity contribution in [2.45, 2.75) is 45.1 Å². The lowest BCUT2D eigenvalue weighted by atomic mass is 9.91. The molecule has 7 heteroatoms. The van der Waals surface area contributed by atoms with Crippen LogP contribution in [0.1, 0.15) is 53.0 Å². The van der Waals surface area contributed by atoms with E-state index in [2.05, 4.69) is 4.98 Å². The Hall–Kier alpha value is -1.47. The maximum Gasteiger partial charge on any atom is 0.265 e. The zero-order valence-corrected chi connectivity index (χ0v) is 13.4. The van der Waals surface area contributed by atoms with Crippen molar-refractivity contribution in [2.24, 2.45) is 5.73 Å². The standard InChI is InChI=1S/C14H21N3O3S/c1-8(2)11-16-9(3)10(21-11)12(18)17-6-4-14(20,5-7-17)13(15)19/h8,20H,4-7H2,1-3H3,(H2,15,19). The highest BCUT2D eigenvalue weighted by atomic mass is 32.1. The number of nitrogens with zero attached hydrogens (tertiary/aromatic N) is 2. The molecule has 0 atom stereocenters. The lowest BCUT2D eigenvalue weighted by Gasteiger charge is -2.35. The van der Waals surface area contributed by atoms with Gasteiger partial charge < -0.3 is 15.7 Å². The van der Waals surface area contributed by atoms with Gasteiger partial charge in [0.05, 0.1) is 10.7 Å². The van der Waals surface area contributed by atoms with Crippen molar-refractivity contribution < 1.29 is 14.7 Å². The number of thiazole rings is 1. The van der Waals surface area contributed by atoms with E-state index in [4.69, 9.17) is 5.73 Å². The van der Waals surface area contributed by atoms with Gasteiger partial charge in [0.1, 0.15) is 10.5 Å². The number of hydrogen-bond acceptors (Lipinski definition) is 5. The van der Waals surface area contributed by atoms with Gasteiger partial charge in [0.25, 0.3) is 5.91 Å². The highest BCUT2D eigenvalue weighted by Crippen LogP contribution is 2.28. The molecule has 116 valence electrons. The molecule has 6 nitrogen and oxygen atoms in total. The van der Waals surface area contributed by atoms with Gasteiger partial charge in [0.15, 0.2) is 0 Å². The molecule has 0 aromatic carbocycles. The number of aliphatic hydroxyl groups is 1. The predicted molar refractivity (Wildman–Crippen MR) is 80.2 cm³/mol. The molecule has 1 aliphatic heterocycles. The monoisotopic (exact) mass is 311 g/mol. The van der Waals surface area contributed by atoms with Crippen molar-refractivity contribution in [1.82, 2.24) is 9.88 Å². The minimum absolute atomic E-state index is 0.0802. The Morgan fingerprint density at radius 3 is 2.38 bits per heavy atom. The molecule has 2 rings (SSSR count). The van der Waals surface area contributed by atoms with Gasteiger partial charge in [0, 0.05) is 31.8 Å². The van der Waals surface area contributed by atoms with Crippen molar-refractivity contribution >= 4 is 23.2 Å². The van der Waals surface area contributed by atoms with Crippen LogP contribution in [0, 0.1) is 6.92 Å². The Bertz CT molecular complexity index is 560. The predicted octanol–water partition coefficient (Wildman–Crippen LogP) is 1.03. The van der Waals surface area contributed by atoms with E-state index in [0.29, 0.717) is 18.0 Å². The summed E-state index contributed by atoms with van der Waals surface area (Å²) in [5.74, 6) is -0.509. The number of carbonyl (C=O) groups is 2. The quantitative estimate of drug-likeness (QED) is 0.871. The minimum Gasteiger partial charge on any atom is -0.380 e. The van der Waals surface area contributed by atoms with E-state index in [-0.39, 0.29) is 24.7 Å². The van der Waals surface area contributed by atoms with Crippen LogP contribution in [0.5, 0.6) is 0 Å². The number of piperidine rings is 1. The average Bonchev–Trinajstić information content (AvgIpc) is 2.81. The van der Waals surface area contributed by atoms with Gasteiger partial charge in [-0.3, -0.25) is 9.59 Å². The summed E-state index contributed by atoms with van der Waals surface area (Å²) in [6, 6.07) is 0. The van der Waals surface area contributed by atoms with Crippen LogP contribution in [-0.2, 0) is 4.79 Å². The first kappa shape index (κ1) is 15.9. The SMILES string of the molecule is Cc1nc(C(C)C)sc1C(=O)N1CCC(O)(C(N)=O)CC1. The fraction of sp³-hybridized carbons (Fsp3) is 0.643. The van der Waals surface area contributed by atoms with Gasteiger partial charge in [-0.1, -0.05) is 13.8 Å². The topological polar surface area (TPSA) is 96.5 Å². The van der Waals surface area contributed by atoms with Crippen molar-refractivity contribution in [1.29, 1.82) is 0 Å². The van der Waals surface area contributed by atoms with E-state index in [1.165, 1.54) is 11.3 Å². The lowest BCUT2D eigenvalue weighted by Crippen LogP contribution is -2.53. The van der Waals surface area contributed by atoms with Crippen LogP contribution in [0.3, 0.4) is 0 Å². The molecule has 1 fully saturated rings. The van der Waals surface area contributed by atoms with Crippen molar-refractivity contribution in [2.75, 3.05) is 13.1 Å². The van der Waals surface area contributed by atoms with Crippen LogP contribution in [0.15, 0.2) is 0 Å². The highest BCUT2D eigenvalue weighted by molar-refractivity contribution is 7.13. The second-order valence-electron chi connectivity index (χ2n) is 5.81. The van der Waals surface area contributed by atoms with E-state index in [1.807, 2.05) is 20.8 Å². The largest absolute Gasteiger partial charge is 0.380 e.